The lowest BCUT2D eigenvalue weighted by Gasteiger charge is -2.07. The van der Waals surface area contributed by atoms with Crippen LogP contribution in [0.1, 0.15) is 103 Å². The van der Waals surface area contributed by atoms with E-state index in [1.807, 2.05) is 0 Å². The maximum Gasteiger partial charge on any atom is 0.0478 e. The fraction of sp³-hybridized carbons (Fsp3) is 1.00. The summed E-state index contributed by atoms with van der Waals surface area (Å²) in [5.74, 6) is 0. The summed E-state index contributed by atoms with van der Waals surface area (Å²) in [6.07, 6.45) is 20.2. The molecule has 0 rings (SSSR count). The van der Waals surface area contributed by atoms with E-state index in [1.54, 1.807) is 0 Å². The van der Waals surface area contributed by atoms with Crippen LogP contribution in [0.15, 0.2) is 0 Å². The normalized spacial score (nSPS) is 11.3. The second kappa shape index (κ2) is 25.8. The van der Waals surface area contributed by atoms with Crippen LogP contribution in [0.3, 0.4) is 0 Å². The van der Waals surface area contributed by atoms with Gasteiger partial charge in [0.05, 0.1) is 0 Å². The van der Waals surface area contributed by atoms with Gasteiger partial charge < -0.3 is 21.1 Å². The third-order valence-corrected chi connectivity index (χ3v) is 5.05. The van der Waals surface area contributed by atoms with Crippen molar-refractivity contribution in [1.29, 1.82) is 0 Å². The Bertz CT molecular complexity index is 228. The molecule has 4 heteroatoms. The molecule has 0 aromatic rings. The molecule has 0 fully saturated rings. The zero-order chi connectivity index (χ0) is 19.7. The van der Waals surface area contributed by atoms with Gasteiger partial charge in [-0.1, -0.05) is 77.6 Å². The van der Waals surface area contributed by atoms with Gasteiger partial charge in [-0.15, -0.1) is 0 Å². The quantitative estimate of drug-likeness (QED) is 0.204. The molecule has 27 heavy (non-hydrogen) atoms. The minimum absolute atomic E-state index is 0.782. The lowest BCUT2D eigenvalue weighted by molar-refractivity contribution is 0.127. The van der Waals surface area contributed by atoms with E-state index in [0.717, 1.165) is 58.8 Å². The summed E-state index contributed by atoms with van der Waals surface area (Å²) >= 11 is 0. The molecular weight excluding hydrogens is 334 g/mol. The molecule has 0 amide bonds. The molecule has 0 bridgehead atoms. The van der Waals surface area contributed by atoms with Crippen LogP contribution in [0.2, 0.25) is 0 Å². The lowest BCUT2D eigenvalue weighted by atomic mass is 10.1. The second-order valence-corrected chi connectivity index (χ2v) is 7.85. The number of hydrogen-bond acceptors (Lipinski definition) is 4. The average molecular weight is 386 g/mol. The third-order valence-electron chi connectivity index (χ3n) is 5.05. The van der Waals surface area contributed by atoms with Gasteiger partial charge in [0, 0.05) is 13.2 Å². The molecule has 0 aliphatic carbocycles. The molecule has 4 N–H and O–H groups in total. The van der Waals surface area contributed by atoms with E-state index in [1.165, 1.54) is 83.5 Å². The van der Waals surface area contributed by atoms with Crippen molar-refractivity contribution in [3.05, 3.63) is 0 Å². The smallest absolute Gasteiger partial charge is 0.0478 e. The van der Waals surface area contributed by atoms with Crippen molar-refractivity contribution in [3.63, 3.8) is 0 Å². The summed E-state index contributed by atoms with van der Waals surface area (Å²) in [5, 5.41) is 6.88. The summed E-state index contributed by atoms with van der Waals surface area (Å²) in [6, 6.07) is 0. The molecule has 164 valence electrons. The van der Waals surface area contributed by atoms with E-state index in [9.17, 15) is 0 Å². The first-order chi connectivity index (χ1) is 13.4. The molecule has 0 radical (unpaired) electrons. The topological polar surface area (TPSA) is 59.3 Å². The molecule has 0 saturated carbocycles. The number of ether oxygens (including phenoxy) is 1. The molecule has 0 saturated heterocycles. The second-order valence-electron chi connectivity index (χ2n) is 7.85. The van der Waals surface area contributed by atoms with Gasteiger partial charge in [0.1, 0.15) is 0 Å². The highest BCUT2D eigenvalue weighted by atomic mass is 16.5. The summed E-state index contributed by atoms with van der Waals surface area (Å²) in [7, 11) is 0. The van der Waals surface area contributed by atoms with Crippen molar-refractivity contribution in [1.82, 2.24) is 10.6 Å². The highest BCUT2D eigenvalue weighted by Gasteiger charge is 1.95. The first-order valence-electron chi connectivity index (χ1n) is 12.1. The molecular formula is C23H51N3O. The molecule has 0 aromatic heterocycles. The van der Waals surface area contributed by atoms with Crippen molar-refractivity contribution in [2.75, 3.05) is 45.9 Å². The molecule has 0 heterocycles. The van der Waals surface area contributed by atoms with Crippen LogP contribution in [-0.2, 0) is 4.74 Å². The highest BCUT2D eigenvalue weighted by Crippen LogP contribution is 2.11. The zero-order valence-corrected chi connectivity index (χ0v) is 18.5. The van der Waals surface area contributed by atoms with E-state index in [4.69, 9.17) is 10.5 Å². The van der Waals surface area contributed by atoms with Gasteiger partial charge in [-0.3, -0.25) is 0 Å². The number of unbranched alkanes of at least 4 members (excludes halogenated alkanes) is 11. The van der Waals surface area contributed by atoms with Crippen LogP contribution in [0, 0.1) is 0 Å². The zero-order valence-electron chi connectivity index (χ0n) is 18.5. The van der Waals surface area contributed by atoms with Crippen LogP contribution in [-0.4, -0.2) is 45.9 Å². The Balaban J connectivity index is 2.95. The maximum absolute atomic E-state index is 5.73. The minimum Gasteiger partial charge on any atom is -0.381 e. The summed E-state index contributed by atoms with van der Waals surface area (Å²) in [4.78, 5) is 0. The van der Waals surface area contributed by atoms with Gasteiger partial charge in [-0.25, -0.2) is 0 Å². The lowest BCUT2D eigenvalue weighted by Crippen LogP contribution is -2.24. The van der Waals surface area contributed by atoms with Crippen LogP contribution in [0.25, 0.3) is 0 Å². The SMILES string of the molecule is CCCCCCCCCCCCCCOCCCNCCCNCCCN. The Morgan fingerprint density at radius 2 is 0.963 bits per heavy atom. The van der Waals surface area contributed by atoms with Gasteiger partial charge in [0.2, 0.25) is 0 Å². The van der Waals surface area contributed by atoms with Gasteiger partial charge in [0.15, 0.2) is 0 Å². The van der Waals surface area contributed by atoms with Crippen molar-refractivity contribution in [2.45, 2.75) is 103 Å². The van der Waals surface area contributed by atoms with E-state index >= 15 is 0 Å². The van der Waals surface area contributed by atoms with Crippen molar-refractivity contribution in [2.24, 2.45) is 5.73 Å². The average Bonchev–Trinajstić information content (AvgIpc) is 2.68. The molecule has 0 aliphatic rings. The first kappa shape index (κ1) is 26.8. The molecule has 0 unspecified atom stereocenters. The van der Waals surface area contributed by atoms with E-state index in [2.05, 4.69) is 17.6 Å². The van der Waals surface area contributed by atoms with E-state index in [-0.39, 0.29) is 0 Å². The van der Waals surface area contributed by atoms with Gasteiger partial charge >= 0.3 is 0 Å². The van der Waals surface area contributed by atoms with Crippen molar-refractivity contribution < 1.29 is 4.74 Å². The molecule has 0 aliphatic heterocycles. The Hall–Kier alpha value is -0.160. The predicted octanol–water partition coefficient (Wildman–Crippen LogP) is 5.01. The Labute approximate surface area is 170 Å². The molecule has 0 spiro atoms. The Morgan fingerprint density at radius 3 is 1.52 bits per heavy atom. The monoisotopic (exact) mass is 385 g/mol. The predicted molar refractivity (Wildman–Crippen MR) is 121 cm³/mol. The fourth-order valence-corrected chi connectivity index (χ4v) is 3.26. The van der Waals surface area contributed by atoms with Crippen LogP contribution in [0.5, 0.6) is 0 Å². The Morgan fingerprint density at radius 1 is 0.519 bits per heavy atom. The fourth-order valence-electron chi connectivity index (χ4n) is 3.26. The maximum atomic E-state index is 5.73. The third kappa shape index (κ3) is 25.8. The largest absolute Gasteiger partial charge is 0.381 e. The van der Waals surface area contributed by atoms with Gasteiger partial charge in [-0.05, 0) is 58.4 Å². The van der Waals surface area contributed by atoms with Crippen molar-refractivity contribution >= 4 is 0 Å². The van der Waals surface area contributed by atoms with E-state index < -0.39 is 0 Å². The summed E-state index contributed by atoms with van der Waals surface area (Å²) in [5.41, 5.74) is 5.46. The molecule has 4 nitrogen and oxygen atoms in total. The minimum atomic E-state index is 0.782. The Kier molecular flexibility index (Phi) is 25.7. The van der Waals surface area contributed by atoms with Gasteiger partial charge in [-0.2, -0.15) is 0 Å². The van der Waals surface area contributed by atoms with E-state index in [0.29, 0.717) is 0 Å². The standard InChI is InChI=1S/C23H51N3O/c1-2-3-4-5-6-7-8-9-10-11-12-13-22-27-23-16-21-26-20-15-19-25-18-14-17-24/h25-26H,2-24H2,1H3. The molecule has 0 atom stereocenters. The van der Waals surface area contributed by atoms with Crippen LogP contribution in [0.4, 0.5) is 0 Å². The molecule has 0 aromatic carbocycles. The number of hydrogen-bond donors (Lipinski definition) is 3. The van der Waals surface area contributed by atoms with Gasteiger partial charge in [0.25, 0.3) is 0 Å². The van der Waals surface area contributed by atoms with Crippen LogP contribution >= 0.6 is 0 Å². The number of rotatable bonds is 24. The first-order valence-corrected chi connectivity index (χ1v) is 12.1. The summed E-state index contributed by atoms with van der Waals surface area (Å²) in [6.45, 7) is 9.21. The van der Waals surface area contributed by atoms with Crippen molar-refractivity contribution in [3.8, 4) is 0 Å². The highest BCUT2D eigenvalue weighted by molar-refractivity contribution is 4.53. The number of nitrogens with two attached hydrogens (primary N) is 1. The summed E-state index contributed by atoms with van der Waals surface area (Å²) < 4.78 is 5.73. The number of nitrogens with one attached hydrogen (secondary N) is 2. The van der Waals surface area contributed by atoms with Crippen LogP contribution < -0.4 is 16.4 Å².